The molecule has 1 fully saturated rings. The Morgan fingerprint density at radius 1 is 1.31 bits per heavy atom. The quantitative estimate of drug-likeness (QED) is 0.387. The van der Waals surface area contributed by atoms with Gasteiger partial charge in [0, 0.05) is 30.6 Å². The number of amides is 2. The molecule has 0 unspecified atom stereocenters. The highest BCUT2D eigenvalue weighted by Gasteiger charge is 2.27. The molecule has 2 aliphatic rings. The van der Waals surface area contributed by atoms with Crippen molar-refractivity contribution in [2.75, 3.05) is 24.2 Å². The van der Waals surface area contributed by atoms with Gasteiger partial charge in [0.05, 0.1) is 30.3 Å². The van der Waals surface area contributed by atoms with E-state index in [2.05, 4.69) is 5.32 Å². The number of hydrogen-bond acceptors (Lipinski definition) is 7. The zero-order chi connectivity index (χ0) is 25.4. The van der Waals surface area contributed by atoms with Crippen molar-refractivity contribution in [3.63, 3.8) is 0 Å². The number of thiophene rings is 1. The van der Waals surface area contributed by atoms with Gasteiger partial charge in [-0.1, -0.05) is 29.5 Å². The van der Waals surface area contributed by atoms with Crippen LogP contribution >= 0.6 is 23.1 Å². The molecule has 10 heteroatoms. The Morgan fingerprint density at radius 3 is 2.86 bits per heavy atom. The van der Waals surface area contributed by atoms with Gasteiger partial charge in [0.1, 0.15) is 4.83 Å². The average molecular weight is 527 g/mol. The molecule has 0 aliphatic carbocycles. The molecule has 36 heavy (non-hydrogen) atoms. The third-order valence-electron chi connectivity index (χ3n) is 6.77. The van der Waals surface area contributed by atoms with Gasteiger partial charge in [-0.25, -0.2) is 4.98 Å². The molecular formula is C26H30N4O4S2. The molecule has 190 valence electrons. The Balaban J connectivity index is 1.44. The minimum atomic E-state index is -0.146. The Kier molecular flexibility index (Phi) is 7.18. The van der Waals surface area contributed by atoms with Gasteiger partial charge in [-0.15, -0.1) is 11.3 Å². The molecule has 1 aromatic carbocycles. The lowest BCUT2D eigenvalue weighted by Gasteiger charge is -2.25. The van der Waals surface area contributed by atoms with Crippen molar-refractivity contribution in [1.82, 2.24) is 14.5 Å². The van der Waals surface area contributed by atoms with Crippen molar-refractivity contribution in [3.05, 3.63) is 50.1 Å². The van der Waals surface area contributed by atoms with Gasteiger partial charge in [0.25, 0.3) is 5.56 Å². The van der Waals surface area contributed by atoms with Crippen LogP contribution in [0.4, 0.5) is 5.69 Å². The maximum absolute atomic E-state index is 13.8. The van der Waals surface area contributed by atoms with Gasteiger partial charge in [0.2, 0.25) is 11.8 Å². The van der Waals surface area contributed by atoms with Gasteiger partial charge >= 0.3 is 0 Å². The maximum Gasteiger partial charge on any atom is 0.263 e. The largest absolute Gasteiger partial charge is 0.376 e. The summed E-state index contributed by atoms with van der Waals surface area (Å²) in [6, 6.07) is 5.91. The molecule has 8 nitrogen and oxygen atoms in total. The number of carbonyl (C=O) groups is 2. The van der Waals surface area contributed by atoms with Gasteiger partial charge in [-0.3, -0.25) is 19.0 Å². The Hall–Kier alpha value is -2.69. The second-order valence-electron chi connectivity index (χ2n) is 9.47. The Bertz CT molecular complexity index is 1390. The van der Waals surface area contributed by atoms with Crippen molar-refractivity contribution in [2.45, 2.75) is 64.4 Å². The molecule has 0 saturated carbocycles. The first kappa shape index (κ1) is 25.0. The molecule has 2 aromatic heterocycles. The summed E-state index contributed by atoms with van der Waals surface area (Å²) in [7, 11) is 0. The standard InChI is InChI=1S/C26H30N4O4S2/c1-15-6-7-20(16(2)11-15)27-22(32)14-35-26-28-24-23(25(33)30(26)12-18-5-4-10-34-18)19-8-9-29(17(3)31)13-21(19)36-24/h6-7,11,18H,4-5,8-10,12-14H2,1-3H3,(H,27,32)/t18-/m1/s1. The fourth-order valence-electron chi connectivity index (χ4n) is 4.86. The van der Waals surface area contributed by atoms with Crippen LogP contribution in [0.15, 0.2) is 28.2 Å². The minimum Gasteiger partial charge on any atom is -0.376 e. The van der Waals surface area contributed by atoms with E-state index in [-0.39, 0.29) is 29.2 Å². The molecule has 1 atom stereocenters. The summed E-state index contributed by atoms with van der Waals surface area (Å²) >= 11 is 2.75. The molecule has 0 bridgehead atoms. The monoisotopic (exact) mass is 526 g/mol. The number of nitrogens with one attached hydrogen (secondary N) is 1. The number of benzene rings is 1. The highest BCUT2D eigenvalue weighted by molar-refractivity contribution is 7.99. The third-order valence-corrected chi connectivity index (χ3v) is 8.86. The van der Waals surface area contributed by atoms with Crippen LogP contribution < -0.4 is 10.9 Å². The number of carbonyl (C=O) groups excluding carboxylic acids is 2. The van der Waals surface area contributed by atoms with Gasteiger partial charge in [-0.05, 0) is 50.3 Å². The predicted octanol–water partition coefficient (Wildman–Crippen LogP) is 3.89. The number of aryl methyl sites for hydroxylation is 2. The summed E-state index contributed by atoms with van der Waals surface area (Å²) in [6.45, 7) is 7.80. The minimum absolute atomic E-state index is 0.0343. The van der Waals surface area contributed by atoms with Crippen LogP contribution in [-0.4, -0.2) is 51.3 Å². The lowest BCUT2D eigenvalue weighted by atomic mass is 10.1. The highest BCUT2D eigenvalue weighted by Crippen LogP contribution is 2.34. The molecule has 3 aromatic rings. The van der Waals surface area contributed by atoms with E-state index in [1.165, 1.54) is 23.1 Å². The summed E-state index contributed by atoms with van der Waals surface area (Å²) in [5, 5.41) is 4.15. The van der Waals surface area contributed by atoms with Crippen LogP contribution in [0.2, 0.25) is 0 Å². The summed E-state index contributed by atoms with van der Waals surface area (Å²) in [4.78, 5) is 46.8. The first-order valence-electron chi connectivity index (χ1n) is 12.2. The van der Waals surface area contributed by atoms with Gasteiger partial charge in [0.15, 0.2) is 5.16 Å². The summed E-state index contributed by atoms with van der Waals surface area (Å²) in [5.74, 6) is 0.0282. The van der Waals surface area contributed by atoms with Crippen LogP contribution in [0.1, 0.15) is 41.3 Å². The first-order valence-corrected chi connectivity index (χ1v) is 14.0. The molecule has 2 aliphatic heterocycles. The van der Waals surface area contributed by atoms with Crippen molar-refractivity contribution in [2.24, 2.45) is 0 Å². The molecule has 1 saturated heterocycles. The number of rotatable bonds is 6. The topological polar surface area (TPSA) is 93.5 Å². The fourth-order valence-corrected chi connectivity index (χ4v) is 6.94. The van der Waals surface area contributed by atoms with E-state index < -0.39 is 0 Å². The molecule has 4 heterocycles. The SMILES string of the molecule is CC(=O)N1CCc2c(sc3nc(SCC(=O)Nc4ccc(C)cc4C)n(C[C@H]4CCCO4)c(=O)c23)C1. The predicted molar refractivity (Wildman–Crippen MR) is 143 cm³/mol. The number of aromatic nitrogens is 2. The number of thioether (sulfide) groups is 1. The molecule has 0 spiro atoms. The second kappa shape index (κ2) is 10.4. The normalized spacial score (nSPS) is 17.4. The van der Waals surface area contributed by atoms with E-state index >= 15 is 0 Å². The number of hydrogen-bond donors (Lipinski definition) is 1. The highest BCUT2D eigenvalue weighted by atomic mass is 32.2. The van der Waals surface area contributed by atoms with Crippen molar-refractivity contribution in [1.29, 1.82) is 0 Å². The van der Waals surface area contributed by atoms with Gasteiger partial charge < -0.3 is 15.0 Å². The Morgan fingerprint density at radius 2 is 2.14 bits per heavy atom. The van der Waals surface area contributed by atoms with Crippen molar-refractivity contribution >= 4 is 50.8 Å². The van der Waals surface area contributed by atoms with E-state index in [1.807, 2.05) is 32.0 Å². The summed E-state index contributed by atoms with van der Waals surface area (Å²) in [5.41, 5.74) is 3.86. The van der Waals surface area contributed by atoms with Gasteiger partial charge in [-0.2, -0.15) is 0 Å². The average Bonchev–Trinajstić information content (AvgIpc) is 3.48. The van der Waals surface area contributed by atoms with E-state index in [0.717, 1.165) is 40.1 Å². The molecule has 0 radical (unpaired) electrons. The lowest BCUT2D eigenvalue weighted by molar-refractivity contribution is -0.129. The number of fused-ring (bicyclic) bond motifs is 3. The zero-order valence-electron chi connectivity index (χ0n) is 20.8. The first-order chi connectivity index (χ1) is 17.3. The maximum atomic E-state index is 13.8. The number of anilines is 1. The molecule has 5 rings (SSSR count). The van der Waals surface area contributed by atoms with E-state index in [0.29, 0.717) is 48.0 Å². The summed E-state index contributed by atoms with van der Waals surface area (Å²) < 4.78 is 7.52. The molecular weight excluding hydrogens is 496 g/mol. The zero-order valence-corrected chi connectivity index (χ0v) is 22.4. The van der Waals surface area contributed by atoms with E-state index in [4.69, 9.17) is 9.72 Å². The van der Waals surface area contributed by atoms with E-state index in [9.17, 15) is 14.4 Å². The third kappa shape index (κ3) is 5.07. The molecule has 2 amide bonds. The Labute approximate surface area is 218 Å². The number of ether oxygens (including phenoxy) is 1. The van der Waals surface area contributed by atoms with Crippen molar-refractivity contribution in [3.8, 4) is 0 Å². The van der Waals surface area contributed by atoms with Crippen LogP contribution in [0.25, 0.3) is 10.2 Å². The van der Waals surface area contributed by atoms with Crippen LogP contribution in [0.5, 0.6) is 0 Å². The number of nitrogens with zero attached hydrogens (tertiary/aromatic N) is 3. The van der Waals surface area contributed by atoms with Crippen LogP contribution in [0, 0.1) is 13.8 Å². The fraction of sp³-hybridized carbons (Fsp3) is 0.462. The van der Waals surface area contributed by atoms with E-state index in [1.54, 1.807) is 16.4 Å². The van der Waals surface area contributed by atoms with Crippen LogP contribution in [-0.2, 0) is 33.8 Å². The van der Waals surface area contributed by atoms with Crippen LogP contribution in [0.3, 0.4) is 0 Å². The summed E-state index contributed by atoms with van der Waals surface area (Å²) in [6.07, 6.45) is 2.49. The smallest absolute Gasteiger partial charge is 0.263 e. The van der Waals surface area contributed by atoms with Crippen molar-refractivity contribution < 1.29 is 14.3 Å². The lowest BCUT2D eigenvalue weighted by Crippen LogP contribution is -2.34. The second-order valence-corrected chi connectivity index (χ2v) is 11.5. The molecule has 1 N–H and O–H groups in total.